The number of hydrogen-bond donors (Lipinski definition) is 2. The quantitative estimate of drug-likeness (QED) is 0.783. The molecule has 0 aromatic rings. The molecule has 0 atom stereocenters. The van der Waals surface area contributed by atoms with Gasteiger partial charge in [0.05, 0.1) is 12.0 Å². The van der Waals surface area contributed by atoms with Gasteiger partial charge < -0.3 is 20.0 Å². The second-order valence-electron chi connectivity index (χ2n) is 6.12. The molecule has 0 bridgehead atoms. The maximum Gasteiger partial charge on any atom is 0.320 e. The number of carbonyl (C=O) groups is 2. The van der Waals surface area contributed by atoms with Crippen LogP contribution in [0.2, 0.25) is 0 Å². The maximum absolute atomic E-state index is 12.5. The SMILES string of the molecule is CCCC1(C(=O)O)CCN(C(=O)N(CCO)C(C)C)CC1. The lowest BCUT2D eigenvalue weighted by Crippen LogP contribution is -2.52. The Bertz CT molecular complexity index is 363. The van der Waals surface area contributed by atoms with Crippen LogP contribution < -0.4 is 0 Å². The molecule has 0 aliphatic carbocycles. The second-order valence-corrected chi connectivity index (χ2v) is 6.12. The number of amides is 2. The van der Waals surface area contributed by atoms with Gasteiger partial charge in [-0.25, -0.2) is 4.79 Å². The average molecular weight is 300 g/mol. The summed E-state index contributed by atoms with van der Waals surface area (Å²) in [5.74, 6) is -0.743. The van der Waals surface area contributed by atoms with Gasteiger partial charge in [-0.05, 0) is 33.1 Å². The van der Waals surface area contributed by atoms with Gasteiger partial charge in [-0.2, -0.15) is 0 Å². The van der Waals surface area contributed by atoms with E-state index in [1.807, 2.05) is 20.8 Å². The van der Waals surface area contributed by atoms with Crippen molar-refractivity contribution in [2.45, 2.75) is 52.5 Å². The van der Waals surface area contributed by atoms with Crippen LogP contribution in [-0.2, 0) is 4.79 Å². The molecule has 0 unspecified atom stereocenters. The first-order valence-corrected chi connectivity index (χ1v) is 7.77. The molecule has 2 N–H and O–H groups in total. The van der Waals surface area contributed by atoms with E-state index in [0.29, 0.717) is 38.9 Å². The fourth-order valence-electron chi connectivity index (χ4n) is 3.04. The molecule has 1 heterocycles. The van der Waals surface area contributed by atoms with E-state index in [4.69, 9.17) is 5.11 Å². The fourth-order valence-corrected chi connectivity index (χ4v) is 3.04. The van der Waals surface area contributed by atoms with Crippen LogP contribution in [0.5, 0.6) is 0 Å². The van der Waals surface area contributed by atoms with Gasteiger partial charge in [0.1, 0.15) is 0 Å². The van der Waals surface area contributed by atoms with E-state index < -0.39 is 11.4 Å². The van der Waals surface area contributed by atoms with E-state index in [0.717, 1.165) is 6.42 Å². The Balaban J connectivity index is 2.70. The van der Waals surface area contributed by atoms with Gasteiger partial charge in [-0.1, -0.05) is 13.3 Å². The number of aliphatic hydroxyl groups is 1. The molecule has 1 saturated heterocycles. The molecule has 1 fully saturated rings. The van der Waals surface area contributed by atoms with Gasteiger partial charge in [0.2, 0.25) is 0 Å². The zero-order valence-corrected chi connectivity index (χ0v) is 13.3. The zero-order chi connectivity index (χ0) is 16.0. The molecule has 0 saturated carbocycles. The first-order chi connectivity index (χ1) is 9.88. The van der Waals surface area contributed by atoms with E-state index in [1.54, 1.807) is 9.80 Å². The number of piperidine rings is 1. The van der Waals surface area contributed by atoms with E-state index in [1.165, 1.54) is 0 Å². The molecular weight excluding hydrogens is 272 g/mol. The standard InChI is InChI=1S/C15H28N2O4/c1-4-5-15(13(19)20)6-8-16(9-7-15)14(21)17(10-11-18)12(2)3/h12,18H,4-11H2,1-3H3,(H,19,20). The van der Waals surface area contributed by atoms with Gasteiger partial charge >= 0.3 is 12.0 Å². The largest absolute Gasteiger partial charge is 0.481 e. The number of likely N-dealkylation sites (tertiary alicyclic amines) is 1. The maximum atomic E-state index is 12.5. The molecule has 1 rings (SSSR count). The Labute approximate surface area is 126 Å². The highest BCUT2D eigenvalue weighted by Gasteiger charge is 2.42. The molecule has 0 aromatic heterocycles. The van der Waals surface area contributed by atoms with Crippen LogP contribution in [-0.4, -0.2) is 64.3 Å². The normalized spacial score (nSPS) is 17.9. The summed E-state index contributed by atoms with van der Waals surface area (Å²) in [6, 6.07) is -0.0824. The van der Waals surface area contributed by atoms with Crippen molar-refractivity contribution in [1.82, 2.24) is 9.80 Å². The number of nitrogens with zero attached hydrogens (tertiary/aromatic N) is 2. The highest BCUT2D eigenvalue weighted by molar-refractivity contribution is 5.77. The molecule has 6 nitrogen and oxygen atoms in total. The first kappa shape index (κ1) is 17.8. The number of carboxylic acids is 1. The Morgan fingerprint density at radius 2 is 1.86 bits per heavy atom. The first-order valence-electron chi connectivity index (χ1n) is 7.77. The number of hydrogen-bond acceptors (Lipinski definition) is 3. The highest BCUT2D eigenvalue weighted by Crippen LogP contribution is 2.36. The van der Waals surface area contributed by atoms with Crippen LogP contribution in [0.4, 0.5) is 4.79 Å². The van der Waals surface area contributed by atoms with Gasteiger partial charge in [-0.3, -0.25) is 4.79 Å². The molecule has 1 aliphatic rings. The summed E-state index contributed by atoms with van der Waals surface area (Å²) in [6.45, 7) is 7.01. The predicted molar refractivity (Wildman–Crippen MR) is 80.1 cm³/mol. The Morgan fingerprint density at radius 3 is 2.24 bits per heavy atom. The van der Waals surface area contributed by atoms with E-state index in [-0.39, 0.29) is 18.7 Å². The third kappa shape index (κ3) is 4.09. The minimum Gasteiger partial charge on any atom is -0.481 e. The summed E-state index contributed by atoms with van der Waals surface area (Å²) >= 11 is 0. The van der Waals surface area contributed by atoms with Crippen molar-refractivity contribution in [2.75, 3.05) is 26.2 Å². The van der Waals surface area contributed by atoms with Gasteiger partial charge in [0.25, 0.3) is 0 Å². The lowest BCUT2D eigenvalue weighted by atomic mass is 9.75. The van der Waals surface area contributed by atoms with Crippen molar-refractivity contribution in [2.24, 2.45) is 5.41 Å². The number of aliphatic hydroxyl groups excluding tert-OH is 1. The smallest absolute Gasteiger partial charge is 0.320 e. The summed E-state index contributed by atoms with van der Waals surface area (Å²) < 4.78 is 0. The lowest BCUT2D eigenvalue weighted by molar-refractivity contribution is -0.152. The average Bonchev–Trinajstić information content (AvgIpc) is 2.44. The Hall–Kier alpha value is -1.30. The molecule has 0 spiro atoms. The third-order valence-corrected chi connectivity index (χ3v) is 4.38. The summed E-state index contributed by atoms with van der Waals surface area (Å²) in [4.78, 5) is 27.3. The monoisotopic (exact) mass is 300 g/mol. The van der Waals surface area contributed by atoms with Crippen molar-refractivity contribution in [3.63, 3.8) is 0 Å². The number of carboxylic acid groups (broad SMARTS) is 1. The summed E-state index contributed by atoms with van der Waals surface area (Å²) in [5.41, 5.74) is -0.675. The fraction of sp³-hybridized carbons (Fsp3) is 0.867. The second kappa shape index (κ2) is 7.64. The van der Waals surface area contributed by atoms with Crippen LogP contribution in [0, 0.1) is 5.41 Å². The van der Waals surface area contributed by atoms with Crippen LogP contribution in [0.25, 0.3) is 0 Å². The highest BCUT2D eigenvalue weighted by atomic mass is 16.4. The van der Waals surface area contributed by atoms with Crippen molar-refractivity contribution < 1.29 is 19.8 Å². The van der Waals surface area contributed by atoms with Crippen LogP contribution in [0.3, 0.4) is 0 Å². The van der Waals surface area contributed by atoms with E-state index >= 15 is 0 Å². The Morgan fingerprint density at radius 1 is 1.29 bits per heavy atom. The van der Waals surface area contributed by atoms with Crippen LogP contribution in [0.15, 0.2) is 0 Å². The zero-order valence-electron chi connectivity index (χ0n) is 13.3. The lowest BCUT2D eigenvalue weighted by Gasteiger charge is -2.41. The molecule has 0 aromatic carbocycles. The molecule has 0 radical (unpaired) electrons. The van der Waals surface area contributed by atoms with E-state index in [9.17, 15) is 14.7 Å². The molecule has 2 amide bonds. The molecule has 122 valence electrons. The minimum absolute atomic E-state index is 0.0199. The number of carbonyl (C=O) groups excluding carboxylic acids is 1. The van der Waals surface area contributed by atoms with Crippen LogP contribution >= 0.6 is 0 Å². The summed E-state index contributed by atoms with van der Waals surface area (Å²) in [7, 11) is 0. The van der Waals surface area contributed by atoms with Crippen LogP contribution in [0.1, 0.15) is 46.5 Å². The molecular formula is C15H28N2O4. The molecule has 21 heavy (non-hydrogen) atoms. The third-order valence-electron chi connectivity index (χ3n) is 4.38. The topological polar surface area (TPSA) is 81.1 Å². The minimum atomic E-state index is -0.743. The van der Waals surface area contributed by atoms with Crippen molar-refractivity contribution >= 4 is 12.0 Å². The number of aliphatic carboxylic acids is 1. The Kier molecular flexibility index (Phi) is 6.45. The van der Waals surface area contributed by atoms with Crippen molar-refractivity contribution in [3.05, 3.63) is 0 Å². The number of urea groups is 1. The van der Waals surface area contributed by atoms with Crippen molar-refractivity contribution in [1.29, 1.82) is 0 Å². The van der Waals surface area contributed by atoms with Crippen molar-refractivity contribution in [3.8, 4) is 0 Å². The van der Waals surface area contributed by atoms with Gasteiger partial charge in [0.15, 0.2) is 0 Å². The molecule has 6 heteroatoms. The van der Waals surface area contributed by atoms with E-state index in [2.05, 4.69) is 0 Å². The van der Waals surface area contributed by atoms with Gasteiger partial charge in [0, 0.05) is 25.7 Å². The predicted octanol–water partition coefficient (Wildman–Crippen LogP) is 1.78. The molecule has 1 aliphatic heterocycles. The summed E-state index contributed by atoms with van der Waals surface area (Å²) in [5, 5.41) is 18.5. The number of rotatable bonds is 6. The summed E-state index contributed by atoms with van der Waals surface area (Å²) in [6.07, 6.45) is 2.51. The van der Waals surface area contributed by atoms with Gasteiger partial charge in [-0.15, -0.1) is 0 Å².